The number of amides is 1. The third-order valence-corrected chi connectivity index (χ3v) is 5.12. The predicted molar refractivity (Wildman–Crippen MR) is 122 cm³/mol. The lowest BCUT2D eigenvalue weighted by Gasteiger charge is -2.29. The summed E-state index contributed by atoms with van der Waals surface area (Å²) in [4.78, 5) is 14.8. The minimum Gasteiger partial charge on any atom is -0.497 e. The smallest absolute Gasteiger partial charge is 0.225 e. The van der Waals surface area contributed by atoms with Gasteiger partial charge in [-0.2, -0.15) is 5.10 Å². The Morgan fingerprint density at radius 2 is 1.71 bits per heavy atom. The predicted octanol–water partition coefficient (Wildman–Crippen LogP) is 5.28. The minimum atomic E-state index is -0.0954. The Hall–Kier alpha value is -3.28. The number of aryl methyl sites for hydroxylation is 1. The van der Waals surface area contributed by atoms with Crippen LogP contribution in [-0.4, -0.2) is 33.7 Å². The zero-order valence-electron chi connectivity index (χ0n) is 19.1. The zero-order chi connectivity index (χ0) is 22.5. The molecule has 31 heavy (non-hydrogen) atoms. The summed E-state index contributed by atoms with van der Waals surface area (Å²) in [5.41, 5.74) is 2.66. The molecule has 1 heterocycles. The maximum atomic E-state index is 12.9. The molecule has 2 aromatic carbocycles. The molecule has 0 unspecified atom stereocenters. The first-order chi connectivity index (χ1) is 14.8. The first-order valence-corrected chi connectivity index (χ1v) is 10.6. The van der Waals surface area contributed by atoms with E-state index in [0.29, 0.717) is 23.9 Å². The fraction of sp³-hybridized carbons (Fsp3) is 0.360. The maximum Gasteiger partial charge on any atom is 0.225 e. The highest BCUT2D eigenvalue weighted by molar-refractivity contribution is 5.79. The second kappa shape index (κ2) is 9.69. The minimum absolute atomic E-state index is 0.0448. The van der Waals surface area contributed by atoms with Crippen molar-refractivity contribution in [1.29, 1.82) is 0 Å². The molecule has 6 heteroatoms. The van der Waals surface area contributed by atoms with Crippen molar-refractivity contribution in [3.8, 4) is 28.6 Å². The van der Waals surface area contributed by atoms with Crippen LogP contribution in [0, 0.1) is 5.92 Å². The zero-order valence-corrected chi connectivity index (χ0v) is 19.1. The van der Waals surface area contributed by atoms with Crippen LogP contribution < -0.4 is 9.47 Å². The molecule has 0 bridgehead atoms. The number of hydrogen-bond donors (Lipinski definition) is 0. The highest BCUT2D eigenvalue weighted by atomic mass is 16.5. The van der Waals surface area contributed by atoms with E-state index in [9.17, 15) is 4.79 Å². The molecular formula is C25H31N3O3. The number of carbonyl (C=O) groups excluding carboxylic acids is 1. The lowest BCUT2D eigenvalue weighted by molar-refractivity contribution is -0.136. The third kappa shape index (κ3) is 5.08. The molecule has 0 spiro atoms. The second-order valence-corrected chi connectivity index (χ2v) is 8.12. The average Bonchev–Trinajstić information content (AvgIpc) is 3.07. The molecule has 1 amide bonds. The largest absolute Gasteiger partial charge is 0.497 e. The summed E-state index contributed by atoms with van der Waals surface area (Å²) in [6.07, 6.45) is 0. The fourth-order valence-electron chi connectivity index (χ4n) is 3.44. The lowest BCUT2D eigenvalue weighted by atomic mass is 10.1. The standard InChI is InChI=1S/C25H31N3O3/c1-17(2)24(29)28(18(3)4)16-22-23(19-11-8-7-9-12-19)26-27(5)25(22)31-21-14-10-13-20(15-21)30-6/h7-15,17-18H,16H2,1-6H3. The number of aromatic nitrogens is 2. The maximum absolute atomic E-state index is 12.9. The van der Waals surface area contributed by atoms with Crippen molar-refractivity contribution in [3.63, 3.8) is 0 Å². The number of hydrogen-bond acceptors (Lipinski definition) is 4. The van der Waals surface area contributed by atoms with Crippen LogP contribution in [0.4, 0.5) is 0 Å². The normalized spacial score (nSPS) is 11.1. The highest BCUT2D eigenvalue weighted by Crippen LogP contribution is 2.35. The van der Waals surface area contributed by atoms with Crippen LogP contribution in [-0.2, 0) is 18.4 Å². The van der Waals surface area contributed by atoms with Crippen LogP contribution in [0.5, 0.6) is 17.4 Å². The SMILES string of the molecule is COc1cccc(Oc2c(CN(C(=O)C(C)C)C(C)C)c(-c3ccccc3)nn2C)c1. The van der Waals surface area contributed by atoms with Crippen LogP contribution in [0.2, 0.25) is 0 Å². The summed E-state index contributed by atoms with van der Waals surface area (Å²) in [7, 11) is 3.48. The summed E-state index contributed by atoms with van der Waals surface area (Å²) >= 11 is 0. The molecular weight excluding hydrogens is 390 g/mol. The quantitative estimate of drug-likeness (QED) is 0.496. The van der Waals surface area contributed by atoms with Crippen molar-refractivity contribution in [2.75, 3.05) is 7.11 Å². The van der Waals surface area contributed by atoms with Crippen LogP contribution in [0.15, 0.2) is 54.6 Å². The van der Waals surface area contributed by atoms with Gasteiger partial charge in [0.2, 0.25) is 11.8 Å². The van der Waals surface area contributed by atoms with E-state index in [4.69, 9.17) is 14.6 Å². The van der Waals surface area contributed by atoms with E-state index in [0.717, 1.165) is 16.8 Å². The average molecular weight is 422 g/mol. The van der Waals surface area contributed by atoms with Gasteiger partial charge in [0.25, 0.3) is 0 Å². The van der Waals surface area contributed by atoms with Gasteiger partial charge in [-0.25, -0.2) is 4.68 Å². The van der Waals surface area contributed by atoms with Gasteiger partial charge in [-0.1, -0.05) is 50.2 Å². The molecule has 0 aliphatic carbocycles. The van der Waals surface area contributed by atoms with E-state index in [1.54, 1.807) is 11.8 Å². The van der Waals surface area contributed by atoms with Gasteiger partial charge in [-0.3, -0.25) is 4.79 Å². The molecule has 6 nitrogen and oxygen atoms in total. The van der Waals surface area contributed by atoms with E-state index in [-0.39, 0.29) is 17.9 Å². The molecule has 0 aliphatic heterocycles. The summed E-state index contributed by atoms with van der Waals surface area (Å²) in [6, 6.07) is 17.5. The Morgan fingerprint density at radius 3 is 2.32 bits per heavy atom. The Labute approximate surface area is 184 Å². The van der Waals surface area contributed by atoms with Crippen molar-refractivity contribution in [1.82, 2.24) is 14.7 Å². The number of methoxy groups -OCH3 is 1. The molecule has 0 radical (unpaired) electrons. The molecule has 0 saturated carbocycles. The Bertz CT molecular complexity index is 1030. The van der Waals surface area contributed by atoms with E-state index in [1.807, 2.05) is 94.2 Å². The van der Waals surface area contributed by atoms with E-state index in [1.165, 1.54) is 0 Å². The van der Waals surface area contributed by atoms with Crippen molar-refractivity contribution in [2.45, 2.75) is 40.3 Å². The van der Waals surface area contributed by atoms with Gasteiger partial charge in [0, 0.05) is 30.6 Å². The number of ether oxygens (including phenoxy) is 2. The fourth-order valence-corrected chi connectivity index (χ4v) is 3.44. The monoisotopic (exact) mass is 421 g/mol. The molecule has 0 N–H and O–H groups in total. The van der Waals surface area contributed by atoms with Crippen molar-refractivity contribution >= 4 is 5.91 Å². The van der Waals surface area contributed by atoms with Gasteiger partial charge in [0.05, 0.1) is 19.2 Å². The summed E-state index contributed by atoms with van der Waals surface area (Å²) in [5.74, 6) is 1.97. The molecule has 0 saturated heterocycles. The van der Waals surface area contributed by atoms with E-state index in [2.05, 4.69) is 0 Å². The molecule has 0 aliphatic rings. The van der Waals surface area contributed by atoms with Gasteiger partial charge in [0.1, 0.15) is 17.2 Å². The summed E-state index contributed by atoms with van der Waals surface area (Å²) < 4.78 is 13.3. The molecule has 0 fully saturated rings. The van der Waals surface area contributed by atoms with Gasteiger partial charge in [0.15, 0.2) is 0 Å². The van der Waals surface area contributed by atoms with Gasteiger partial charge in [-0.15, -0.1) is 0 Å². The number of rotatable bonds is 8. The summed E-state index contributed by atoms with van der Waals surface area (Å²) in [5, 5.41) is 4.76. The first kappa shape index (κ1) is 22.4. The number of carbonyl (C=O) groups is 1. The Kier molecular flexibility index (Phi) is 7.00. The van der Waals surface area contributed by atoms with Crippen molar-refractivity contribution in [3.05, 3.63) is 60.2 Å². The van der Waals surface area contributed by atoms with Gasteiger partial charge in [-0.05, 0) is 26.0 Å². The number of benzene rings is 2. The highest BCUT2D eigenvalue weighted by Gasteiger charge is 2.27. The Morgan fingerprint density at radius 1 is 1.03 bits per heavy atom. The van der Waals surface area contributed by atoms with Crippen LogP contribution in [0.25, 0.3) is 11.3 Å². The van der Waals surface area contributed by atoms with Crippen LogP contribution in [0.3, 0.4) is 0 Å². The topological polar surface area (TPSA) is 56.6 Å². The third-order valence-electron chi connectivity index (χ3n) is 5.12. The number of nitrogens with zero attached hydrogens (tertiary/aromatic N) is 3. The van der Waals surface area contributed by atoms with Gasteiger partial charge < -0.3 is 14.4 Å². The molecule has 0 atom stereocenters. The van der Waals surface area contributed by atoms with E-state index < -0.39 is 0 Å². The van der Waals surface area contributed by atoms with Gasteiger partial charge >= 0.3 is 0 Å². The molecule has 164 valence electrons. The first-order valence-electron chi connectivity index (χ1n) is 10.6. The lowest BCUT2D eigenvalue weighted by Crippen LogP contribution is -2.39. The van der Waals surface area contributed by atoms with Crippen LogP contribution >= 0.6 is 0 Å². The molecule has 3 rings (SSSR count). The van der Waals surface area contributed by atoms with Crippen molar-refractivity contribution < 1.29 is 14.3 Å². The van der Waals surface area contributed by atoms with Crippen molar-refractivity contribution in [2.24, 2.45) is 13.0 Å². The summed E-state index contributed by atoms with van der Waals surface area (Å²) in [6.45, 7) is 8.31. The molecule has 1 aromatic heterocycles. The molecule has 3 aromatic rings. The second-order valence-electron chi connectivity index (χ2n) is 8.12. The van der Waals surface area contributed by atoms with E-state index >= 15 is 0 Å². The van der Waals surface area contributed by atoms with Crippen LogP contribution in [0.1, 0.15) is 33.3 Å². The Balaban J connectivity index is 2.09.